The fourth-order valence-electron chi connectivity index (χ4n) is 4.56. The van der Waals surface area contributed by atoms with E-state index in [-0.39, 0.29) is 11.3 Å². The van der Waals surface area contributed by atoms with Crippen molar-refractivity contribution in [3.8, 4) is 0 Å². The minimum absolute atomic E-state index is 0.0509. The van der Waals surface area contributed by atoms with Crippen LogP contribution in [0.3, 0.4) is 0 Å². The fourth-order valence-corrected chi connectivity index (χ4v) is 4.69. The van der Waals surface area contributed by atoms with Crippen molar-refractivity contribution in [2.24, 2.45) is 7.05 Å². The average Bonchev–Trinajstić information content (AvgIpc) is 2.91. The van der Waals surface area contributed by atoms with Crippen LogP contribution in [-0.2, 0) is 31.8 Å². The van der Waals surface area contributed by atoms with Gasteiger partial charge in [0.25, 0.3) is 5.91 Å². The molecule has 3 rings (SSSR count). The first kappa shape index (κ1) is 20.0. The standard InChI is InChI=1S/C23H31ClN2O/c1-5-8-18-20(22(27)25-15-16-9-11-17(24)12-10-16)19(6-2)26(4)21(18)23(3)13-7-14-23/h9-12H,5-8,13-15H2,1-4H3,(H,25,27). The molecule has 146 valence electrons. The van der Waals surface area contributed by atoms with Gasteiger partial charge in [-0.15, -0.1) is 0 Å². The van der Waals surface area contributed by atoms with Crippen molar-refractivity contribution in [1.82, 2.24) is 9.88 Å². The predicted octanol–water partition coefficient (Wildman–Crippen LogP) is 5.57. The number of halogens is 1. The van der Waals surface area contributed by atoms with Crippen LogP contribution in [0.1, 0.15) is 79.3 Å². The maximum Gasteiger partial charge on any atom is 0.253 e. The first-order chi connectivity index (χ1) is 12.9. The highest BCUT2D eigenvalue weighted by molar-refractivity contribution is 6.30. The molecule has 0 spiro atoms. The molecule has 1 aliphatic rings. The van der Waals surface area contributed by atoms with E-state index >= 15 is 0 Å². The zero-order valence-electron chi connectivity index (χ0n) is 17.0. The molecular formula is C23H31ClN2O. The third-order valence-electron chi connectivity index (χ3n) is 6.07. The van der Waals surface area contributed by atoms with Gasteiger partial charge >= 0.3 is 0 Å². The van der Waals surface area contributed by atoms with Gasteiger partial charge in [-0.3, -0.25) is 4.79 Å². The summed E-state index contributed by atoms with van der Waals surface area (Å²) >= 11 is 5.96. The molecule has 0 bridgehead atoms. The summed E-state index contributed by atoms with van der Waals surface area (Å²) in [5.41, 5.74) is 6.02. The van der Waals surface area contributed by atoms with E-state index in [4.69, 9.17) is 11.6 Å². The maximum absolute atomic E-state index is 13.2. The summed E-state index contributed by atoms with van der Waals surface area (Å²) in [4.78, 5) is 13.2. The van der Waals surface area contributed by atoms with Crippen molar-refractivity contribution in [1.29, 1.82) is 0 Å². The number of nitrogens with one attached hydrogen (secondary N) is 1. The molecule has 0 saturated heterocycles. The Labute approximate surface area is 168 Å². The van der Waals surface area contributed by atoms with Gasteiger partial charge in [-0.1, -0.05) is 57.3 Å². The second-order valence-electron chi connectivity index (χ2n) is 8.03. The molecule has 4 heteroatoms. The molecule has 1 saturated carbocycles. The van der Waals surface area contributed by atoms with Crippen molar-refractivity contribution >= 4 is 17.5 Å². The summed E-state index contributed by atoms with van der Waals surface area (Å²) in [5.74, 6) is 0.0509. The second kappa shape index (κ2) is 8.10. The molecular weight excluding hydrogens is 356 g/mol. The monoisotopic (exact) mass is 386 g/mol. The molecule has 1 aromatic heterocycles. The van der Waals surface area contributed by atoms with E-state index in [2.05, 4.69) is 37.7 Å². The van der Waals surface area contributed by atoms with Crippen LogP contribution in [0.25, 0.3) is 0 Å². The lowest BCUT2D eigenvalue weighted by Crippen LogP contribution is -2.34. The fraction of sp³-hybridized carbons (Fsp3) is 0.522. The quantitative estimate of drug-likeness (QED) is 0.663. The molecule has 1 fully saturated rings. The van der Waals surface area contributed by atoms with E-state index in [1.54, 1.807) is 0 Å². The van der Waals surface area contributed by atoms with Crippen LogP contribution in [0, 0.1) is 0 Å². The van der Waals surface area contributed by atoms with Crippen molar-refractivity contribution in [3.05, 3.63) is 57.4 Å². The summed E-state index contributed by atoms with van der Waals surface area (Å²) in [7, 11) is 2.15. The Morgan fingerprint density at radius 3 is 2.41 bits per heavy atom. The minimum Gasteiger partial charge on any atom is -0.350 e. The van der Waals surface area contributed by atoms with Crippen molar-refractivity contribution < 1.29 is 4.79 Å². The molecule has 1 heterocycles. The zero-order valence-corrected chi connectivity index (χ0v) is 17.7. The largest absolute Gasteiger partial charge is 0.350 e. The molecule has 1 amide bonds. The summed E-state index contributed by atoms with van der Waals surface area (Å²) in [5, 5.41) is 3.85. The van der Waals surface area contributed by atoms with Gasteiger partial charge in [0, 0.05) is 35.4 Å². The topological polar surface area (TPSA) is 34.0 Å². The smallest absolute Gasteiger partial charge is 0.253 e. The maximum atomic E-state index is 13.2. The minimum atomic E-state index is 0.0509. The van der Waals surface area contributed by atoms with E-state index in [0.717, 1.165) is 36.1 Å². The number of carbonyl (C=O) groups is 1. The molecule has 1 aromatic carbocycles. The van der Waals surface area contributed by atoms with Gasteiger partial charge < -0.3 is 9.88 Å². The van der Waals surface area contributed by atoms with Crippen LogP contribution in [0.15, 0.2) is 24.3 Å². The summed E-state index contributed by atoms with van der Waals surface area (Å²) in [6.45, 7) is 7.22. The lowest BCUT2D eigenvalue weighted by Gasteiger charge is -2.40. The van der Waals surface area contributed by atoms with Crippen LogP contribution in [0.4, 0.5) is 0 Å². The summed E-state index contributed by atoms with van der Waals surface area (Å²) in [6.07, 6.45) is 6.60. The molecule has 0 unspecified atom stereocenters. The van der Waals surface area contributed by atoms with Crippen LogP contribution in [0.2, 0.25) is 5.02 Å². The highest BCUT2D eigenvalue weighted by atomic mass is 35.5. The van der Waals surface area contributed by atoms with Crippen LogP contribution >= 0.6 is 11.6 Å². The molecule has 0 radical (unpaired) electrons. The first-order valence-corrected chi connectivity index (χ1v) is 10.5. The lowest BCUT2D eigenvalue weighted by atomic mass is 9.67. The van der Waals surface area contributed by atoms with Gasteiger partial charge in [-0.25, -0.2) is 0 Å². The number of aromatic nitrogens is 1. The zero-order chi connectivity index (χ0) is 19.6. The molecule has 0 aliphatic heterocycles. The number of rotatable bonds is 7. The van der Waals surface area contributed by atoms with E-state index in [9.17, 15) is 4.79 Å². The van der Waals surface area contributed by atoms with Gasteiger partial charge in [0.05, 0.1) is 5.56 Å². The number of benzene rings is 1. The molecule has 3 nitrogen and oxygen atoms in total. The number of hydrogen-bond donors (Lipinski definition) is 1. The molecule has 1 aliphatic carbocycles. The Balaban J connectivity index is 1.93. The Kier molecular flexibility index (Phi) is 6.00. The van der Waals surface area contributed by atoms with E-state index in [1.807, 2.05) is 24.3 Å². The van der Waals surface area contributed by atoms with E-state index in [1.165, 1.54) is 30.5 Å². The highest BCUT2D eigenvalue weighted by Crippen LogP contribution is 2.46. The third-order valence-corrected chi connectivity index (χ3v) is 6.33. The molecule has 27 heavy (non-hydrogen) atoms. The van der Waals surface area contributed by atoms with Gasteiger partial charge in [0.15, 0.2) is 0 Å². The Morgan fingerprint density at radius 1 is 1.22 bits per heavy atom. The van der Waals surface area contributed by atoms with Crippen molar-refractivity contribution in [3.63, 3.8) is 0 Å². The third kappa shape index (κ3) is 3.80. The normalized spacial score (nSPS) is 15.4. The first-order valence-electron chi connectivity index (χ1n) is 10.1. The SMILES string of the molecule is CCCc1c(C(=O)NCc2ccc(Cl)cc2)c(CC)n(C)c1C1(C)CCC1. The van der Waals surface area contributed by atoms with Gasteiger partial charge in [-0.2, -0.15) is 0 Å². The van der Waals surface area contributed by atoms with Crippen LogP contribution in [0.5, 0.6) is 0 Å². The van der Waals surface area contributed by atoms with Crippen LogP contribution in [-0.4, -0.2) is 10.5 Å². The predicted molar refractivity (Wildman–Crippen MR) is 113 cm³/mol. The lowest BCUT2D eigenvalue weighted by molar-refractivity contribution is 0.0949. The van der Waals surface area contributed by atoms with E-state index in [0.29, 0.717) is 11.6 Å². The molecule has 0 atom stereocenters. The summed E-state index contributed by atoms with van der Waals surface area (Å²) < 4.78 is 2.32. The molecule has 2 aromatic rings. The highest BCUT2D eigenvalue weighted by Gasteiger charge is 2.40. The Hall–Kier alpha value is -1.74. The van der Waals surface area contributed by atoms with Crippen molar-refractivity contribution in [2.75, 3.05) is 0 Å². The number of nitrogens with zero attached hydrogens (tertiary/aromatic N) is 1. The Bertz CT molecular complexity index is 816. The Morgan fingerprint density at radius 2 is 1.89 bits per heavy atom. The number of carbonyl (C=O) groups excluding carboxylic acids is 1. The van der Waals surface area contributed by atoms with Gasteiger partial charge in [0.2, 0.25) is 0 Å². The molecule has 1 N–H and O–H groups in total. The van der Waals surface area contributed by atoms with Crippen molar-refractivity contribution in [2.45, 2.75) is 71.3 Å². The van der Waals surface area contributed by atoms with Gasteiger partial charge in [-0.05, 0) is 48.9 Å². The number of amides is 1. The summed E-state index contributed by atoms with van der Waals surface area (Å²) in [6, 6.07) is 7.65. The van der Waals surface area contributed by atoms with E-state index < -0.39 is 0 Å². The van der Waals surface area contributed by atoms with Gasteiger partial charge in [0.1, 0.15) is 0 Å². The van der Waals surface area contributed by atoms with Crippen LogP contribution < -0.4 is 5.32 Å². The number of hydrogen-bond acceptors (Lipinski definition) is 1. The second-order valence-corrected chi connectivity index (χ2v) is 8.47. The average molecular weight is 387 g/mol.